The molecule has 0 saturated carbocycles. The van der Waals surface area contributed by atoms with Gasteiger partial charge in [0.05, 0.1) is 11.1 Å². The van der Waals surface area contributed by atoms with Gasteiger partial charge < -0.3 is 14.3 Å². The lowest BCUT2D eigenvalue weighted by Gasteiger charge is -2.14. The standard InChI is InChI=1S/C14H18BrNO3/c1-7-5-10-9(3-4-17-16)13-11(6-8(2)18-13)12(15)14(10)19-7/h7-8H,3-6,16H2,1-2H3. The fourth-order valence-electron chi connectivity index (χ4n) is 2.97. The number of hydrogen-bond acceptors (Lipinski definition) is 4. The Kier molecular flexibility index (Phi) is 3.45. The van der Waals surface area contributed by atoms with E-state index in [1.807, 2.05) is 0 Å². The lowest BCUT2D eigenvalue weighted by atomic mass is 9.96. The molecule has 0 fully saturated rings. The van der Waals surface area contributed by atoms with Crippen LogP contribution < -0.4 is 15.4 Å². The Hall–Kier alpha value is -0.780. The van der Waals surface area contributed by atoms with Crippen LogP contribution in [-0.4, -0.2) is 18.8 Å². The maximum absolute atomic E-state index is 5.99. The normalized spacial score (nSPS) is 23.8. The summed E-state index contributed by atoms with van der Waals surface area (Å²) < 4.78 is 13.0. The Labute approximate surface area is 121 Å². The topological polar surface area (TPSA) is 53.7 Å². The van der Waals surface area contributed by atoms with Crippen molar-refractivity contribution in [1.82, 2.24) is 0 Å². The summed E-state index contributed by atoms with van der Waals surface area (Å²) in [6.45, 7) is 4.67. The number of fused-ring (bicyclic) bond motifs is 2. The minimum absolute atomic E-state index is 0.212. The third-order valence-electron chi connectivity index (χ3n) is 3.74. The highest BCUT2D eigenvalue weighted by atomic mass is 79.9. The summed E-state index contributed by atoms with van der Waals surface area (Å²) in [6.07, 6.45) is 3.01. The molecule has 1 aromatic rings. The lowest BCUT2D eigenvalue weighted by molar-refractivity contribution is 0.140. The van der Waals surface area contributed by atoms with Crippen molar-refractivity contribution in [3.63, 3.8) is 0 Å². The molecule has 0 spiro atoms. The van der Waals surface area contributed by atoms with E-state index in [1.54, 1.807) is 0 Å². The van der Waals surface area contributed by atoms with Gasteiger partial charge in [0.15, 0.2) is 0 Å². The highest BCUT2D eigenvalue weighted by Crippen LogP contribution is 2.49. The Morgan fingerprint density at radius 3 is 2.47 bits per heavy atom. The number of benzene rings is 1. The molecule has 0 aromatic heterocycles. The molecule has 2 aliphatic rings. The minimum Gasteiger partial charge on any atom is -0.490 e. The smallest absolute Gasteiger partial charge is 0.138 e. The van der Waals surface area contributed by atoms with Gasteiger partial charge in [0, 0.05) is 36.0 Å². The average Bonchev–Trinajstić information content (AvgIpc) is 2.93. The van der Waals surface area contributed by atoms with Crippen molar-refractivity contribution in [1.29, 1.82) is 0 Å². The van der Waals surface area contributed by atoms with E-state index < -0.39 is 0 Å². The number of rotatable bonds is 3. The first-order valence-electron chi connectivity index (χ1n) is 6.62. The van der Waals surface area contributed by atoms with E-state index >= 15 is 0 Å². The Morgan fingerprint density at radius 1 is 1.16 bits per heavy atom. The van der Waals surface area contributed by atoms with E-state index in [0.717, 1.165) is 35.2 Å². The van der Waals surface area contributed by atoms with Crippen LogP contribution in [0.2, 0.25) is 0 Å². The van der Waals surface area contributed by atoms with Gasteiger partial charge >= 0.3 is 0 Å². The Bertz CT molecular complexity index is 479. The molecule has 0 saturated heterocycles. The SMILES string of the molecule is CC1Cc2c(CCON)c3c(c(Br)c2O1)CC(C)O3. The predicted octanol–water partition coefficient (Wildman–Crippen LogP) is 2.53. The van der Waals surface area contributed by atoms with Gasteiger partial charge in [-0.25, -0.2) is 5.90 Å². The van der Waals surface area contributed by atoms with Gasteiger partial charge in [0.25, 0.3) is 0 Å². The van der Waals surface area contributed by atoms with Gasteiger partial charge in [-0.15, -0.1) is 0 Å². The predicted molar refractivity (Wildman–Crippen MR) is 75.6 cm³/mol. The number of hydrogen-bond donors (Lipinski definition) is 1. The fraction of sp³-hybridized carbons (Fsp3) is 0.571. The molecule has 0 amide bonds. The van der Waals surface area contributed by atoms with E-state index in [0.29, 0.717) is 6.61 Å². The minimum atomic E-state index is 0.212. The lowest BCUT2D eigenvalue weighted by Crippen LogP contribution is -2.09. The molecule has 19 heavy (non-hydrogen) atoms. The maximum Gasteiger partial charge on any atom is 0.138 e. The van der Waals surface area contributed by atoms with E-state index in [9.17, 15) is 0 Å². The van der Waals surface area contributed by atoms with Crippen LogP contribution in [0.4, 0.5) is 0 Å². The van der Waals surface area contributed by atoms with Crippen LogP contribution in [0.1, 0.15) is 30.5 Å². The second kappa shape index (κ2) is 4.96. The molecule has 0 aliphatic carbocycles. The molecule has 0 radical (unpaired) electrons. The molecule has 1 aromatic carbocycles. The highest BCUT2D eigenvalue weighted by Gasteiger charge is 2.34. The molecule has 104 valence electrons. The average molecular weight is 328 g/mol. The molecular weight excluding hydrogens is 310 g/mol. The van der Waals surface area contributed by atoms with Crippen molar-refractivity contribution >= 4 is 15.9 Å². The van der Waals surface area contributed by atoms with E-state index in [4.69, 9.17) is 20.2 Å². The summed E-state index contributed by atoms with van der Waals surface area (Å²) in [5.41, 5.74) is 3.66. The fourth-order valence-corrected chi connectivity index (χ4v) is 3.65. The van der Waals surface area contributed by atoms with Crippen LogP contribution in [0.25, 0.3) is 0 Å². The first-order valence-corrected chi connectivity index (χ1v) is 7.42. The zero-order valence-corrected chi connectivity index (χ0v) is 12.7. The molecule has 4 nitrogen and oxygen atoms in total. The summed E-state index contributed by atoms with van der Waals surface area (Å²) in [5, 5.41) is 0. The van der Waals surface area contributed by atoms with Crippen molar-refractivity contribution < 1.29 is 14.3 Å². The molecule has 5 heteroatoms. The molecule has 2 N–H and O–H groups in total. The third-order valence-corrected chi connectivity index (χ3v) is 4.58. The van der Waals surface area contributed by atoms with E-state index in [-0.39, 0.29) is 12.2 Å². The van der Waals surface area contributed by atoms with Crippen LogP contribution in [0.5, 0.6) is 11.5 Å². The summed E-state index contributed by atoms with van der Waals surface area (Å²) in [4.78, 5) is 4.74. The maximum atomic E-state index is 5.99. The Morgan fingerprint density at radius 2 is 1.79 bits per heavy atom. The van der Waals surface area contributed by atoms with Gasteiger partial charge in [-0.2, -0.15) is 0 Å². The molecular formula is C14H18BrNO3. The second-order valence-corrected chi connectivity index (χ2v) is 6.09. The van der Waals surface area contributed by atoms with Crippen LogP contribution in [0, 0.1) is 0 Å². The molecule has 0 bridgehead atoms. The Balaban J connectivity index is 2.12. The van der Waals surface area contributed by atoms with Crippen LogP contribution in [-0.2, 0) is 24.1 Å². The summed E-state index contributed by atoms with van der Waals surface area (Å²) in [7, 11) is 0. The zero-order valence-electron chi connectivity index (χ0n) is 11.2. The van der Waals surface area contributed by atoms with Crippen LogP contribution in [0.3, 0.4) is 0 Å². The molecule has 2 aliphatic heterocycles. The summed E-state index contributed by atoms with van der Waals surface area (Å²) in [6, 6.07) is 0. The molecule has 2 heterocycles. The number of halogens is 1. The molecule has 2 unspecified atom stereocenters. The van der Waals surface area contributed by atoms with Gasteiger partial charge in [-0.1, -0.05) is 0 Å². The molecule has 2 atom stereocenters. The van der Waals surface area contributed by atoms with Crippen molar-refractivity contribution in [3.8, 4) is 11.5 Å². The van der Waals surface area contributed by atoms with Crippen molar-refractivity contribution in [2.75, 3.05) is 6.61 Å². The van der Waals surface area contributed by atoms with Crippen molar-refractivity contribution in [3.05, 3.63) is 21.2 Å². The largest absolute Gasteiger partial charge is 0.490 e. The quantitative estimate of drug-likeness (QED) is 0.867. The monoisotopic (exact) mass is 327 g/mol. The van der Waals surface area contributed by atoms with E-state index in [2.05, 4.69) is 29.8 Å². The first-order chi connectivity index (χ1) is 9.11. The van der Waals surface area contributed by atoms with Gasteiger partial charge in [-0.05, 0) is 29.8 Å². The highest BCUT2D eigenvalue weighted by molar-refractivity contribution is 9.10. The first kappa shape index (κ1) is 13.2. The van der Waals surface area contributed by atoms with Crippen molar-refractivity contribution in [2.24, 2.45) is 5.90 Å². The van der Waals surface area contributed by atoms with Gasteiger partial charge in [0.2, 0.25) is 0 Å². The zero-order chi connectivity index (χ0) is 13.6. The molecule has 3 rings (SSSR count). The van der Waals surface area contributed by atoms with Gasteiger partial charge in [0.1, 0.15) is 23.7 Å². The second-order valence-electron chi connectivity index (χ2n) is 5.29. The van der Waals surface area contributed by atoms with Gasteiger partial charge in [-0.3, -0.25) is 0 Å². The summed E-state index contributed by atoms with van der Waals surface area (Å²) in [5.74, 6) is 7.16. The van der Waals surface area contributed by atoms with Crippen molar-refractivity contribution in [2.45, 2.75) is 45.3 Å². The summed E-state index contributed by atoms with van der Waals surface area (Å²) >= 11 is 3.68. The number of nitrogens with two attached hydrogens (primary N) is 1. The van der Waals surface area contributed by atoms with Crippen LogP contribution in [0.15, 0.2) is 4.47 Å². The van der Waals surface area contributed by atoms with E-state index in [1.165, 1.54) is 16.7 Å². The third kappa shape index (κ3) is 2.14. The number of ether oxygens (including phenoxy) is 2. The van der Waals surface area contributed by atoms with Crippen LogP contribution >= 0.6 is 15.9 Å².